The van der Waals surface area contributed by atoms with Gasteiger partial charge < -0.3 is 19.7 Å². The molecule has 0 saturated carbocycles. The van der Waals surface area contributed by atoms with Crippen molar-refractivity contribution in [2.75, 3.05) is 45.9 Å². The monoisotopic (exact) mass is 276 g/mol. The Morgan fingerprint density at radius 3 is 2.55 bits per heavy atom. The first kappa shape index (κ1) is 13.7. The normalized spacial score (nSPS) is 19.1. The third-order valence-electron chi connectivity index (χ3n) is 4.30. The van der Waals surface area contributed by atoms with Gasteiger partial charge in [0.25, 0.3) is 0 Å². The van der Waals surface area contributed by atoms with E-state index in [1.807, 2.05) is 0 Å². The first-order valence-electron chi connectivity index (χ1n) is 7.57. The van der Waals surface area contributed by atoms with Crippen LogP contribution in [0.5, 0.6) is 11.5 Å². The number of rotatable bonds is 3. The van der Waals surface area contributed by atoms with Crippen LogP contribution < -0.4 is 14.8 Å². The Bertz CT molecular complexity index is 482. The third kappa shape index (κ3) is 2.76. The molecule has 4 heteroatoms. The quantitative estimate of drug-likeness (QED) is 0.907. The second-order valence-electron chi connectivity index (χ2n) is 5.67. The Morgan fingerprint density at radius 2 is 1.80 bits per heavy atom. The fraction of sp³-hybridized carbons (Fsp3) is 0.625. The summed E-state index contributed by atoms with van der Waals surface area (Å²) in [5.41, 5.74) is 3.80. The standard InChI is InChI=1S/C16H24N2O2/c1-12-11-14(3-6-18-7-4-17-5-8-18)16-15(13(12)2)19-9-10-20-16/h11,17H,3-10H2,1-2H3. The number of aryl methyl sites for hydroxylation is 1. The maximum atomic E-state index is 5.87. The number of piperazine rings is 1. The van der Waals surface area contributed by atoms with Gasteiger partial charge in [-0.05, 0) is 37.0 Å². The van der Waals surface area contributed by atoms with Gasteiger partial charge in [-0.1, -0.05) is 6.07 Å². The summed E-state index contributed by atoms with van der Waals surface area (Å²) in [5, 5.41) is 3.39. The number of hydrogen-bond donors (Lipinski definition) is 1. The molecule has 0 aliphatic carbocycles. The van der Waals surface area contributed by atoms with Gasteiger partial charge in [0, 0.05) is 32.7 Å². The molecule has 2 heterocycles. The van der Waals surface area contributed by atoms with Crippen LogP contribution in [0.1, 0.15) is 16.7 Å². The van der Waals surface area contributed by atoms with Crippen LogP contribution >= 0.6 is 0 Å². The molecule has 0 unspecified atom stereocenters. The smallest absolute Gasteiger partial charge is 0.164 e. The minimum absolute atomic E-state index is 0.661. The fourth-order valence-corrected chi connectivity index (χ4v) is 2.95. The zero-order chi connectivity index (χ0) is 13.9. The molecule has 0 amide bonds. The summed E-state index contributed by atoms with van der Waals surface area (Å²) >= 11 is 0. The van der Waals surface area contributed by atoms with Crippen LogP contribution in [0.15, 0.2) is 6.07 Å². The maximum absolute atomic E-state index is 5.87. The highest BCUT2D eigenvalue weighted by molar-refractivity contribution is 5.55. The Balaban J connectivity index is 1.76. The van der Waals surface area contributed by atoms with Gasteiger partial charge in [0.2, 0.25) is 0 Å². The lowest BCUT2D eigenvalue weighted by atomic mass is 10.0. The number of benzene rings is 1. The molecule has 0 aromatic heterocycles. The van der Waals surface area contributed by atoms with Crippen LogP contribution in [0, 0.1) is 13.8 Å². The summed E-state index contributed by atoms with van der Waals surface area (Å²) in [5.74, 6) is 1.95. The van der Waals surface area contributed by atoms with Crippen LogP contribution in [-0.2, 0) is 6.42 Å². The Hall–Kier alpha value is -1.26. The number of hydrogen-bond acceptors (Lipinski definition) is 4. The van der Waals surface area contributed by atoms with Crippen molar-refractivity contribution in [3.63, 3.8) is 0 Å². The van der Waals surface area contributed by atoms with E-state index in [4.69, 9.17) is 9.47 Å². The molecule has 0 bridgehead atoms. The Kier molecular flexibility index (Phi) is 4.13. The highest BCUT2D eigenvalue weighted by Crippen LogP contribution is 2.39. The fourth-order valence-electron chi connectivity index (χ4n) is 2.95. The molecule has 1 aromatic carbocycles. The molecule has 110 valence electrons. The molecule has 1 N–H and O–H groups in total. The van der Waals surface area contributed by atoms with E-state index in [0.717, 1.165) is 50.6 Å². The van der Waals surface area contributed by atoms with Crippen molar-refractivity contribution in [2.24, 2.45) is 0 Å². The molecule has 2 aliphatic rings. The average Bonchev–Trinajstić information content (AvgIpc) is 2.50. The number of ether oxygens (including phenoxy) is 2. The molecule has 20 heavy (non-hydrogen) atoms. The number of nitrogens with zero attached hydrogens (tertiary/aromatic N) is 1. The summed E-state index contributed by atoms with van der Waals surface area (Å²) in [4.78, 5) is 2.52. The molecular weight excluding hydrogens is 252 g/mol. The van der Waals surface area contributed by atoms with Crippen molar-refractivity contribution >= 4 is 0 Å². The van der Waals surface area contributed by atoms with Gasteiger partial charge >= 0.3 is 0 Å². The van der Waals surface area contributed by atoms with Gasteiger partial charge in [0.15, 0.2) is 11.5 Å². The molecule has 0 spiro atoms. The SMILES string of the molecule is Cc1cc(CCN2CCNCC2)c2c(c1C)OCCO2. The van der Waals surface area contributed by atoms with Crippen LogP contribution in [0.2, 0.25) is 0 Å². The van der Waals surface area contributed by atoms with Crippen LogP contribution in [0.25, 0.3) is 0 Å². The molecule has 0 radical (unpaired) electrons. The van der Waals surface area contributed by atoms with Gasteiger partial charge in [-0.15, -0.1) is 0 Å². The van der Waals surface area contributed by atoms with Gasteiger partial charge in [0.1, 0.15) is 13.2 Å². The van der Waals surface area contributed by atoms with E-state index >= 15 is 0 Å². The molecular formula is C16H24N2O2. The molecule has 2 aliphatic heterocycles. The van der Waals surface area contributed by atoms with Crippen molar-refractivity contribution in [1.82, 2.24) is 10.2 Å². The highest BCUT2D eigenvalue weighted by atomic mass is 16.6. The van der Waals surface area contributed by atoms with Gasteiger partial charge in [-0.2, -0.15) is 0 Å². The third-order valence-corrected chi connectivity index (χ3v) is 4.30. The molecule has 1 fully saturated rings. The van der Waals surface area contributed by atoms with E-state index in [-0.39, 0.29) is 0 Å². The molecule has 0 atom stereocenters. The largest absolute Gasteiger partial charge is 0.486 e. The van der Waals surface area contributed by atoms with E-state index in [0.29, 0.717) is 13.2 Å². The van der Waals surface area contributed by atoms with E-state index in [2.05, 4.69) is 30.1 Å². The van der Waals surface area contributed by atoms with Crippen molar-refractivity contribution in [3.05, 3.63) is 22.8 Å². The number of fused-ring (bicyclic) bond motifs is 1. The minimum Gasteiger partial charge on any atom is -0.486 e. The van der Waals surface area contributed by atoms with E-state index in [9.17, 15) is 0 Å². The average molecular weight is 276 g/mol. The summed E-state index contributed by atoms with van der Waals surface area (Å²) in [7, 11) is 0. The summed E-state index contributed by atoms with van der Waals surface area (Å²) in [6.07, 6.45) is 1.03. The van der Waals surface area contributed by atoms with Crippen LogP contribution in [0.3, 0.4) is 0 Å². The minimum atomic E-state index is 0.661. The lowest BCUT2D eigenvalue weighted by Crippen LogP contribution is -2.44. The van der Waals surface area contributed by atoms with Gasteiger partial charge in [0.05, 0.1) is 0 Å². The summed E-state index contributed by atoms with van der Waals surface area (Å²) in [6, 6.07) is 2.27. The summed E-state index contributed by atoms with van der Waals surface area (Å²) < 4.78 is 11.7. The Morgan fingerprint density at radius 1 is 1.10 bits per heavy atom. The molecule has 3 rings (SSSR count). The van der Waals surface area contributed by atoms with E-state index < -0.39 is 0 Å². The zero-order valence-corrected chi connectivity index (χ0v) is 12.5. The van der Waals surface area contributed by atoms with Crippen molar-refractivity contribution < 1.29 is 9.47 Å². The second kappa shape index (κ2) is 6.02. The molecule has 1 saturated heterocycles. The van der Waals surface area contributed by atoms with Gasteiger partial charge in [-0.3, -0.25) is 0 Å². The first-order valence-corrected chi connectivity index (χ1v) is 7.57. The van der Waals surface area contributed by atoms with Crippen molar-refractivity contribution in [1.29, 1.82) is 0 Å². The van der Waals surface area contributed by atoms with Crippen LogP contribution in [-0.4, -0.2) is 50.8 Å². The predicted molar refractivity (Wildman–Crippen MR) is 79.9 cm³/mol. The lowest BCUT2D eigenvalue weighted by Gasteiger charge is -2.28. The molecule has 4 nitrogen and oxygen atoms in total. The van der Waals surface area contributed by atoms with Crippen molar-refractivity contribution in [2.45, 2.75) is 20.3 Å². The topological polar surface area (TPSA) is 33.7 Å². The first-order chi connectivity index (χ1) is 9.75. The summed E-state index contributed by atoms with van der Waals surface area (Å²) in [6.45, 7) is 11.2. The second-order valence-corrected chi connectivity index (χ2v) is 5.67. The predicted octanol–water partition coefficient (Wildman–Crippen LogP) is 1.52. The Labute approximate surface area is 121 Å². The van der Waals surface area contributed by atoms with Gasteiger partial charge in [-0.25, -0.2) is 0 Å². The zero-order valence-electron chi connectivity index (χ0n) is 12.5. The molecule has 1 aromatic rings. The maximum Gasteiger partial charge on any atom is 0.164 e. The lowest BCUT2D eigenvalue weighted by molar-refractivity contribution is 0.167. The van der Waals surface area contributed by atoms with Crippen molar-refractivity contribution in [3.8, 4) is 11.5 Å². The van der Waals surface area contributed by atoms with E-state index in [1.165, 1.54) is 16.7 Å². The number of nitrogens with one attached hydrogen (secondary N) is 1. The van der Waals surface area contributed by atoms with Crippen LogP contribution in [0.4, 0.5) is 0 Å². The highest BCUT2D eigenvalue weighted by Gasteiger charge is 2.20. The van der Waals surface area contributed by atoms with E-state index in [1.54, 1.807) is 0 Å².